The number of allylic oxidation sites excluding steroid dienone is 3. The fourth-order valence-electron chi connectivity index (χ4n) is 2.43. The Kier molecular flexibility index (Phi) is 4.44. The summed E-state index contributed by atoms with van der Waals surface area (Å²) in [5, 5.41) is 9.30. The van der Waals surface area contributed by atoms with Crippen LogP contribution in [0.2, 0.25) is 0 Å². The van der Waals surface area contributed by atoms with E-state index in [1.165, 1.54) is 6.42 Å². The van der Waals surface area contributed by atoms with Crippen molar-refractivity contribution >= 4 is 0 Å². The molecule has 15 heavy (non-hydrogen) atoms. The highest BCUT2D eigenvalue weighted by Crippen LogP contribution is 2.33. The number of aliphatic hydroxyl groups excluding tert-OH is 1. The molecule has 1 rings (SSSR count). The van der Waals surface area contributed by atoms with Gasteiger partial charge >= 0.3 is 0 Å². The van der Waals surface area contributed by atoms with Gasteiger partial charge < -0.3 is 5.11 Å². The Morgan fingerprint density at radius 2 is 2.00 bits per heavy atom. The molecule has 1 N–H and O–H groups in total. The van der Waals surface area contributed by atoms with Gasteiger partial charge in [-0.1, -0.05) is 33.8 Å². The molecule has 86 valence electrons. The van der Waals surface area contributed by atoms with Gasteiger partial charge in [0.1, 0.15) is 5.76 Å². The summed E-state index contributed by atoms with van der Waals surface area (Å²) in [4.78, 5) is 0. The topological polar surface area (TPSA) is 20.2 Å². The molecular formula is C14H24O. The first kappa shape index (κ1) is 12.4. The van der Waals surface area contributed by atoms with Crippen LogP contribution in [-0.4, -0.2) is 5.11 Å². The van der Waals surface area contributed by atoms with Crippen molar-refractivity contribution < 1.29 is 5.11 Å². The molecule has 0 heterocycles. The summed E-state index contributed by atoms with van der Waals surface area (Å²) in [5.41, 5.74) is 0. The van der Waals surface area contributed by atoms with Crippen LogP contribution < -0.4 is 0 Å². The Morgan fingerprint density at radius 1 is 1.33 bits per heavy atom. The molecule has 0 aromatic carbocycles. The van der Waals surface area contributed by atoms with Gasteiger partial charge in [0.2, 0.25) is 0 Å². The lowest BCUT2D eigenvalue weighted by Crippen LogP contribution is -2.21. The number of hydrogen-bond donors (Lipinski definition) is 1. The minimum atomic E-state index is 0.429. The van der Waals surface area contributed by atoms with Crippen LogP contribution in [0.4, 0.5) is 0 Å². The van der Waals surface area contributed by atoms with E-state index in [1.54, 1.807) is 0 Å². The van der Waals surface area contributed by atoms with Crippen molar-refractivity contribution in [3.05, 3.63) is 24.0 Å². The van der Waals surface area contributed by atoms with Crippen molar-refractivity contribution in [1.82, 2.24) is 0 Å². The molecule has 0 aromatic rings. The molecular weight excluding hydrogens is 184 g/mol. The SMILES string of the molecule is CC(C)CC(C(C)C)C1C=CC(O)=CC1. The second kappa shape index (κ2) is 5.39. The Labute approximate surface area is 93.9 Å². The van der Waals surface area contributed by atoms with Crippen LogP contribution in [0.3, 0.4) is 0 Å². The minimum Gasteiger partial charge on any atom is -0.508 e. The van der Waals surface area contributed by atoms with Crippen molar-refractivity contribution in [1.29, 1.82) is 0 Å². The van der Waals surface area contributed by atoms with Crippen LogP contribution in [0.1, 0.15) is 40.5 Å². The molecule has 1 nitrogen and oxygen atoms in total. The zero-order valence-corrected chi connectivity index (χ0v) is 10.4. The van der Waals surface area contributed by atoms with Crippen LogP contribution >= 0.6 is 0 Å². The summed E-state index contributed by atoms with van der Waals surface area (Å²) >= 11 is 0. The lowest BCUT2D eigenvalue weighted by Gasteiger charge is -2.30. The molecule has 2 atom stereocenters. The van der Waals surface area contributed by atoms with Gasteiger partial charge in [-0.3, -0.25) is 0 Å². The largest absolute Gasteiger partial charge is 0.508 e. The van der Waals surface area contributed by atoms with E-state index >= 15 is 0 Å². The molecule has 0 amide bonds. The number of hydrogen-bond acceptors (Lipinski definition) is 1. The predicted octanol–water partition coefficient (Wildman–Crippen LogP) is 4.32. The van der Waals surface area contributed by atoms with Crippen LogP contribution in [0.25, 0.3) is 0 Å². The van der Waals surface area contributed by atoms with E-state index < -0.39 is 0 Å². The highest BCUT2D eigenvalue weighted by atomic mass is 16.3. The quantitative estimate of drug-likeness (QED) is 0.729. The second-order valence-corrected chi connectivity index (χ2v) is 5.43. The molecule has 0 aliphatic heterocycles. The lowest BCUT2D eigenvalue weighted by atomic mass is 9.75. The van der Waals surface area contributed by atoms with E-state index in [0.717, 1.165) is 24.2 Å². The molecule has 0 radical (unpaired) electrons. The van der Waals surface area contributed by atoms with Gasteiger partial charge in [-0.2, -0.15) is 0 Å². The summed E-state index contributed by atoms with van der Waals surface area (Å²) in [5.74, 6) is 3.26. The normalized spacial score (nSPS) is 23.3. The first-order chi connectivity index (χ1) is 7.00. The molecule has 0 bridgehead atoms. The van der Waals surface area contributed by atoms with E-state index in [0.29, 0.717) is 11.7 Å². The summed E-state index contributed by atoms with van der Waals surface area (Å²) in [7, 11) is 0. The maximum absolute atomic E-state index is 9.30. The molecule has 1 heteroatoms. The van der Waals surface area contributed by atoms with E-state index in [9.17, 15) is 5.11 Å². The van der Waals surface area contributed by atoms with Crippen molar-refractivity contribution in [3.8, 4) is 0 Å². The molecule has 1 aliphatic rings. The first-order valence-electron chi connectivity index (χ1n) is 6.08. The maximum atomic E-state index is 9.30. The predicted molar refractivity (Wildman–Crippen MR) is 65.7 cm³/mol. The third kappa shape index (κ3) is 3.73. The van der Waals surface area contributed by atoms with E-state index in [2.05, 4.69) is 33.8 Å². The molecule has 0 aromatic heterocycles. The monoisotopic (exact) mass is 208 g/mol. The average molecular weight is 208 g/mol. The molecule has 0 saturated carbocycles. The highest BCUT2D eigenvalue weighted by Gasteiger charge is 2.24. The van der Waals surface area contributed by atoms with Crippen molar-refractivity contribution in [2.75, 3.05) is 0 Å². The minimum absolute atomic E-state index is 0.429. The van der Waals surface area contributed by atoms with Gasteiger partial charge in [-0.05, 0) is 48.7 Å². The average Bonchev–Trinajstić information content (AvgIpc) is 2.15. The first-order valence-corrected chi connectivity index (χ1v) is 6.08. The maximum Gasteiger partial charge on any atom is 0.111 e. The smallest absolute Gasteiger partial charge is 0.111 e. The lowest BCUT2D eigenvalue weighted by molar-refractivity contribution is 0.244. The van der Waals surface area contributed by atoms with Gasteiger partial charge in [0.05, 0.1) is 0 Å². The third-order valence-electron chi connectivity index (χ3n) is 3.26. The van der Waals surface area contributed by atoms with Gasteiger partial charge in [-0.25, -0.2) is 0 Å². The van der Waals surface area contributed by atoms with Crippen molar-refractivity contribution in [2.45, 2.75) is 40.5 Å². The van der Waals surface area contributed by atoms with Gasteiger partial charge in [0.15, 0.2) is 0 Å². The molecule has 0 spiro atoms. The second-order valence-electron chi connectivity index (χ2n) is 5.43. The molecule has 0 saturated heterocycles. The number of rotatable bonds is 4. The standard InChI is InChI=1S/C14H24O/c1-10(2)9-14(11(3)4)12-5-7-13(15)8-6-12/h5,7-8,10-12,14-15H,6,9H2,1-4H3. The van der Waals surface area contributed by atoms with Crippen molar-refractivity contribution in [2.24, 2.45) is 23.7 Å². The van der Waals surface area contributed by atoms with Crippen LogP contribution in [0, 0.1) is 23.7 Å². The van der Waals surface area contributed by atoms with Crippen molar-refractivity contribution in [3.63, 3.8) is 0 Å². The summed E-state index contributed by atoms with van der Waals surface area (Å²) in [6.45, 7) is 9.18. The van der Waals surface area contributed by atoms with Gasteiger partial charge in [0, 0.05) is 0 Å². The highest BCUT2D eigenvalue weighted by molar-refractivity contribution is 5.17. The summed E-state index contributed by atoms with van der Waals surface area (Å²) in [6, 6.07) is 0. The Hall–Kier alpha value is -0.720. The third-order valence-corrected chi connectivity index (χ3v) is 3.26. The molecule has 0 fully saturated rings. The summed E-state index contributed by atoms with van der Waals surface area (Å²) < 4.78 is 0. The van der Waals surface area contributed by atoms with E-state index in [-0.39, 0.29) is 0 Å². The molecule has 1 aliphatic carbocycles. The zero-order valence-electron chi connectivity index (χ0n) is 10.4. The van der Waals surface area contributed by atoms with E-state index in [1.807, 2.05) is 12.2 Å². The Bertz CT molecular complexity index is 248. The van der Waals surface area contributed by atoms with Crippen LogP contribution in [0.15, 0.2) is 24.0 Å². The van der Waals surface area contributed by atoms with Crippen LogP contribution in [0.5, 0.6) is 0 Å². The van der Waals surface area contributed by atoms with Gasteiger partial charge in [0.25, 0.3) is 0 Å². The fraction of sp³-hybridized carbons (Fsp3) is 0.714. The van der Waals surface area contributed by atoms with E-state index in [4.69, 9.17) is 0 Å². The zero-order chi connectivity index (χ0) is 11.4. The summed E-state index contributed by atoms with van der Waals surface area (Å²) in [6.07, 6.45) is 8.26. The molecule has 2 unspecified atom stereocenters. The fourth-order valence-corrected chi connectivity index (χ4v) is 2.43. The van der Waals surface area contributed by atoms with Gasteiger partial charge in [-0.15, -0.1) is 0 Å². The Balaban J connectivity index is 2.62. The van der Waals surface area contributed by atoms with Crippen LogP contribution in [-0.2, 0) is 0 Å². The number of aliphatic hydroxyl groups is 1. The Morgan fingerprint density at radius 3 is 2.40 bits per heavy atom.